The van der Waals surface area contributed by atoms with E-state index in [1.807, 2.05) is 39.0 Å². The van der Waals surface area contributed by atoms with Crippen LogP contribution in [0.4, 0.5) is 0 Å². The highest BCUT2D eigenvalue weighted by molar-refractivity contribution is 5.37. The van der Waals surface area contributed by atoms with E-state index in [0.717, 1.165) is 5.56 Å². The van der Waals surface area contributed by atoms with Gasteiger partial charge in [-0.25, -0.2) is 0 Å². The molecule has 1 atom stereocenters. The third kappa shape index (κ3) is 1.90. The molecule has 0 radical (unpaired) electrons. The standard InChI is InChI=1S/C11H17NO/c1-8-5-4-6-10(9(8)2)11(3,12)7-13/h4-6,13H,7,12H2,1-3H3/t11-/m0/s1. The van der Waals surface area contributed by atoms with Gasteiger partial charge in [0.15, 0.2) is 0 Å². The summed E-state index contributed by atoms with van der Waals surface area (Å²) >= 11 is 0. The van der Waals surface area contributed by atoms with E-state index in [1.165, 1.54) is 11.1 Å². The summed E-state index contributed by atoms with van der Waals surface area (Å²) in [6.07, 6.45) is 0. The molecule has 1 aromatic carbocycles. The molecule has 3 N–H and O–H groups in total. The number of rotatable bonds is 2. The summed E-state index contributed by atoms with van der Waals surface area (Å²) in [5, 5.41) is 9.14. The lowest BCUT2D eigenvalue weighted by atomic mass is 9.88. The number of aliphatic hydroxyl groups excluding tert-OH is 1. The fourth-order valence-electron chi connectivity index (χ4n) is 1.45. The quantitative estimate of drug-likeness (QED) is 0.722. The van der Waals surface area contributed by atoms with E-state index in [4.69, 9.17) is 10.8 Å². The summed E-state index contributed by atoms with van der Waals surface area (Å²) in [6.45, 7) is 5.89. The van der Waals surface area contributed by atoms with Gasteiger partial charge in [-0.3, -0.25) is 0 Å². The van der Waals surface area contributed by atoms with Gasteiger partial charge in [-0.15, -0.1) is 0 Å². The fraction of sp³-hybridized carbons (Fsp3) is 0.455. The Morgan fingerprint density at radius 2 is 2.00 bits per heavy atom. The maximum Gasteiger partial charge on any atom is 0.0650 e. The van der Waals surface area contributed by atoms with Crippen LogP contribution in [0.1, 0.15) is 23.6 Å². The molecule has 2 heteroatoms. The van der Waals surface area contributed by atoms with Gasteiger partial charge >= 0.3 is 0 Å². The minimum atomic E-state index is -0.629. The topological polar surface area (TPSA) is 46.2 Å². The van der Waals surface area contributed by atoms with E-state index >= 15 is 0 Å². The second kappa shape index (κ2) is 3.48. The van der Waals surface area contributed by atoms with Crippen LogP contribution in [0.3, 0.4) is 0 Å². The van der Waals surface area contributed by atoms with Gasteiger partial charge in [-0.05, 0) is 37.5 Å². The van der Waals surface area contributed by atoms with Crippen LogP contribution in [0, 0.1) is 13.8 Å². The van der Waals surface area contributed by atoms with Gasteiger partial charge in [0.05, 0.1) is 12.1 Å². The van der Waals surface area contributed by atoms with E-state index in [9.17, 15) is 0 Å². The summed E-state index contributed by atoms with van der Waals surface area (Å²) < 4.78 is 0. The first-order valence-electron chi connectivity index (χ1n) is 4.45. The van der Waals surface area contributed by atoms with Gasteiger partial charge in [0.1, 0.15) is 0 Å². The SMILES string of the molecule is Cc1cccc([C@@](C)(N)CO)c1C. The molecule has 0 heterocycles. The predicted octanol–water partition coefficient (Wildman–Crippen LogP) is 1.47. The zero-order chi connectivity index (χ0) is 10.1. The largest absolute Gasteiger partial charge is 0.394 e. The highest BCUT2D eigenvalue weighted by Crippen LogP contribution is 2.22. The summed E-state index contributed by atoms with van der Waals surface area (Å²) in [6, 6.07) is 5.99. The molecule has 0 aliphatic rings. The van der Waals surface area contributed by atoms with Crippen molar-refractivity contribution in [1.82, 2.24) is 0 Å². The van der Waals surface area contributed by atoms with Crippen molar-refractivity contribution in [2.75, 3.05) is 6.61 Å². The maximum absolute atomic E-state index is 9.14. The van der Waals surface area contributed by atoms with Crippen molar-refractivity contribution in [2.24, 2.45) is 5.73 Å². The molecule has 0 aliphatic heterocycles. The van der Waals surface area contributed by atoms with Crippen molar-refractivity contribution < 1.29 is 5.11 Å². The van der Waals surface area contributed by atoms with Crippen molar-refractivity contribution in [3.8, 4) is 0 Å². The number of aliphatic hydroxyl groups is 1. The van der Waals surface area contributed by atoms with Crippen molar-refractivity contribution in [2.45, 2.75) is 26.3 Å². The van der Waals surface area contributed by atoms with Gasteiger partial charge in [0.2, 0.25) is 0 Å². The third-order valence-corrected chi connectivity index (χ3v) is 2.55. The maximum atomic E-state index is 9.14. The molecule has 0 saturated heterocycles. The smallest absolute Gasteiger partial charge is 0.0650 e. The molecule has 0 aliphatic carbocycles. The average molecular weight is 179 g/mol. The van der Waals surface area contributed by atoms with Crippen molar-refractivity contribution >= 4 is 0 Å². The normalized spacial score (nSPS) is 15.5. The van der Waals surface area contributed by atoms with Gasteiger partial charge in [0.25, 0.3) is 0 Å². The zero-order valence-electron chi connectivity index (χ0n) is 8.46. The Bertz CT molecular complexity index is 305. The number of nitrogens with two attached hydrogens (primary N) is 1. The predicted molar refractivity (Wildman–Crippen MR) is 54.5 cm³/mol. The second-order valence-corrected chi connectivity index (χ2v) is 3.82. The highest BCUT2D eigenvalue weighted by atomic mass is 16.3. The molecule has 72 valence electrons. The Balaban J connectivity index is 3.22. The van der Waals surface area contributed by atoms with Crippen LogP contribution >= 0.6 is 0 Å². The first-order chi connectivity index (χ1) is 5.99. The lowest BCUT2D eigenvalue weighted by Crippen LogP contribution is -2.37. The van der Waals surface area contributed by atoms with Crippen LogP contribution in [0.15, 0.2) is 18.2 Å². The summed E-state index contributed by atoms with van der Waals surface area (Å²) in [7, 11) is 0. The first kappa shape index (κ1) is 10.2. The average Bonchev–Trinajstić information content (AvgIpc) is 2.09. The molecule has 13 heavy (non-hydrogen) atoms. The highest BCUT2D eigenvalue weighted by Gasteiger charge is 2.21. The molecule has 0 amide bonds. The minimum Gasteiger partial charge on any atom is -0.394 e. The molecule has 0 fully saturated rings. The Morgan fingerprint density at radius 1 is 1.38 bits per heavy atom. The lowest BCUT2D eigenvalue weighted by molar-refractivity contribution is 0.209. The van der Waals surface area contributed by atoms with Crippen LogP contribution in [0.25, 0.3) is 0 Å². The number of aryl methyl sites for hydroxylation is 1. The monoisotopic (exact) mass is 179 g/mol. The van der Waals surface area contributed by atoms with Crippen LogP contribution in [0.5, 0.6) is 0 Å². The van der Waals surface area contributed by atoms with E-state index in [0.29, 0.717) is 0 Å². The van der Waals surface area contributed by atoms with E-state index in [1.54, 1.807) is 0 Å². The van der Waals surface area contributed by atoms with Gasteiger partial charge < -0.3 is 10.8 Å². The lowest BCUT2D eigenvalue weighted by Gasteiger charge is -2.25. The van der Waals surface area contributed by atoms with Crippen LogP contribution < -0.4 is 5.73 Å². The number of hydrogen-bond donors (Lipinski definition) is 2. The van der Waals surface area contributed by atoms with E-state index < -0.39 is 5.54 Å². The molecule has 0 spiro atoms. The minimum absolute atomic E-state index is 0.0305. The number of hydrogen-bond acceptors (Lipinski definition) is 2. The molecular formula is C11H17NO. The third-order valence-electron chi connectivity index (χ3n) is 2.55. The summed E-state index contributed by atoms with van der Waals surface area (Å²) in [5.74, 6) is 0. The van der Waals surface area contributed by atoms with Gasteiger partial charge in [-0.2, -0.15) is 0 Å². The zero-order valence-corrected chi connectivity index (χ0v) is 8.46. The molecule has 1 rings (SSSR count). The molecule has 1 aromatic rings. The molecule has 0 aromatic heterocycles. The summed E-state index contributed by atoms with van der Waals surface area (Å²) in [4.78, 5) is 0. The Morgan fingerprint density at radius 3 is 2.54 bits per heavy atom. The molecule has 2 nitrogen and oxygen atoms in total. The Labute approximate surface area is 79.4 Å². The Hall–Kier alpha value is -0.860. The van der Waals surface area contributed by atoms with E-state index in [-0.39, 0.29) is 6.61 Å². The number of benzene rings is 1. The van der Waals surface area contributed by atoms with Crippen LogP contribution in [-0.4, -0.2) is 11.7 Å². The molecule has 0 bridgehead atoms. The van der Waals surface area contributed by atoms with Crippen molar-refractivity contribution in [3.63, 3.8) is 0 Å². The second-order valence-electron chi connectivity index (χ2n) is 3.82. The fourth-order valence-corrected chi connectivity index (χ4v) is 1.45. The Kier molecular flexibility index (Phi) is 2.74. The van der Waals surface area contributed by atoms with Gasteiger partial charge in [-0.1, -0.05) is 18.2 Å². The van der Waals surface area contributed by atoms with Crippen molar-refractivity contribution in [3.05, 3.63) is 34.9 Å². The van der Waals surface area contributed by atoms with E-state index in [2.05, 4.69) is 0 Å². The van der Waals surface area contributed by atoms with Crippen LogP contribution in [-0.2, 0) is 5.54 Å². The van der Waals surface area contributed by atoms with Crippen molar-refractivity contribution in [1.29, 1.82) is 0 Å². The molecular weight excluding hydrogens is 162 g/mol. The van der Waals surface area contributed by atoms with Crippen LogP contribution in [0.2, 0.25) is 0 Å². The molecule has 0 unspecified atom stereocenters. The first-order valence-corrected chi connectivity index (χ1v) is 4.45. The van der Waals surface area contributed by atoms with Gasteiger partial charge in [0, 0.05) is 0 Å². The summed E-state index contributed by atoms with van der Waals surface area (Å²) in [5.41, 5.74) is 8.73. The molecule has 0 saturated carbocycles.